The second kappa shape index (κ2) is 7.03. The van der Waals surface area contributed by atoms with E-state index in [0.717, 1.165) is 6.07 Å². The van der Waals surface area contributed by atoms with Crippen LogP contribution >= 0.6 is 11.6 Å². The van der Waals surface area contributed by atoms with Gasteiger partial charge in [0.15, 0.2) is 0 Å². The molecule has 0 spiro atoms. The highest BCUT2D eigenvalue weighted by atomic mass is 35.5. The summed E-state index contributed by atoms with van der Waals surface area (Å²) in [7, 11) is 0. The van der Waals surface area contributed by atoms with E-state index in [2.05, 4.69) is 4.98 Å². The minimum Gasteiger partial charge on any atom is -0.462 e. The van der Waals surface area contributed by atoms with E-state index in [1.165, 1.54) is 12.3 Å². The Hall–Kier alpha value is -2.73. The highest BCUT2D eigenvalue weighted by Crippen LogP contribution is 2.22. The lowest BCUT2D eigenvalue weighted by atomic mass is 10.1. The van der Waals surface area contributed by atoms with Crippen molar-refractivity contribution in [1.82, 2.24) is 9.55 Å². The molecule has 1 aromatic carbocycles. The Labute approximate surface area is 147 Å². The minimum atomic E-state index is -0.750. The van der Waals surface area contributed by atoms with E-state index in [1.54, 1.807) is 29.8 Å². The molecule has 5 nitrogen and oxygen atoms in total. The second-order valence-electron chi connectivity index (χ2n) is 5.32. The molecule has 2 heterocycles. The van der Waals surface area contributed by atoms with Crippen molar-refractivity contribution in [3.05, 3.63) is 75.0 Å². The Morgan fingerprint density at radius 1 is 1.36 bits per heavy atom. The molecule has 0 N–H and O–H groups in total. The zero-order valence-electron chi connectivity index (χ0n) is 13.3. The standard InChI is InChI=1S/C18H14ClFN2O3/c1-2-25-18(24)13-10-22(9-11-5-3-4-6-21-11)16-8-14(19)15(20)7-12(16)17(13)23/h3-8,10H,2,9H2,1H3. The lowest BCUT2D eigenvalue weighted by Gasteiger charge is -2.13. The van der Waals surface area contributed by atoms with Gasteiger partial charge in [0.25, 0.3) is 0 Å². The molecule has 0 saturated carbocycles. The summed E-state index contributed by atoms with van der Waals surface area (Å²) >= 11 is 5.87. The molecule has 3 rings (SSSR count). The van der Waals surface area contributed by atoms with Crippen molar-refractivity contribution in [3.63, 3.8) is 0 Å². The predicted molar refractivity (Wildman–Crippen MR) is 92.5 cm³/mol. The fourth-order valence-electron chi connectivity index (χ4n) is 2.54. The summed E-state index contributed by atoms with van der Waals surface area (Å²) in [5.41, 5.74) is 0.367. The fourth-order valence-corrected chi connectivity index (χ4v) is 2.69. The van der Waals surface area contributed by atoms with Gasteiger partial charge < -0.3 is 9.30 Å². The Morgan fingerprint density at radius 2 is 2.16 bits per heavy atom. The monoisotopic (exact) mass is 360 g/mol. The summed E-state index contributed by atoms with van der Waals surface area (Å²) < 4.78 is 20.4. The maximum atomic E-state index is 13.9. The Bertz CT molecular complexity index is 1000. The van der Waals surface area contributed by atoms with E-state index in [4.69, 9.17) is 16.3 Å². The zero-order chi connectivity index (χ0) is 18.0. The van der Waals surface area contributed by atoms with Gasteiger partial charge in [-0.2, -0.15) is 0 Å². The highest BCUT2D eigenvalue weighted by Gasteiger charge is 2.18. The fraction of sp³-hybridized carbons (Fsp3) is 0.167. The molecular formula is C18H14ClFN2O3. The first-order valence-electron chi connectivity index (χ1n) is 7.60. The summed E-state index contributed by atoms with van der Waals surface area (Å²) in [5, 5.41) is -0.0473. The number of carbonyl (C=O) groups excluding carboxylic acids is 1. The molecule has 0 unspecified atom stereocenters. The van der Waals surface area contributed by atoms with Gasteiger partial charge in [-0.15, -0.1) is 0 Å². The molecule has 0 aliphatic rings. The number of benzene rings is 1. The van der Waals surface area contributed by atoms with E-state index in [-0.39, 0.29) is 29.1 Å². The number of esters is 1. The molecule has 0 bridgehead atoms. The summed E-state index contributed by atoms with van der Waals surface area (Å²) in [4.78, 5) is 28.9. The van der Waals surface area contributed by atoms with Crippen LogP contribution in [0.15, 0.2) is 47.5 Å². The van der Waals surface area contributed by atoms with Gasteiger partial charge in [0.2, 0.25) is 5.43 Å². The van der Waals surface area contributed by atoms with Crippen LogP contribution in [0.5, 0.6) is 0 Å². The Balaban J connectivity index is 2.25. The molecule has 128 valence electrons. The molecule has 0 fully saturated rings. The maximum Gasteiger partial charge on any atom is 0.343 e. The van der Waals surface area contributed by atoms with Gasteiger partial charge in [-0.1, -0.05) is 17.7 Å². The van der Waals surface area contributed by atoms with Crippen LogP contribution in [0.1, 0.15) is 23.0 Å². The van der Waals surface area contributed by atoms with E-state index >= 15 is 0 Å². The molecule has 0 saturated heterocycles. The Morgan fingerprint density at radius 3 is 2.84 bits per heavy atom. The number of hydrogen-bond donors (Lipinski definition) is 0. The van der Waals surface area contributed by atoms with Gasteiger partial charge in [0.1, 0.15) is 11.4 Å². The number of pyridine rings is 2. The number of nitrogens with zero attached hydrogens (tertiary/aromatic N) is 2. The summed E-state index contributed by atoms with van der Waals surface area (Å²) in [6.07, 6.45) is 3.03. The van der Waals surface area contributed by atoms with Gasteiger partial charge in [-0.05, 0) is 31.2 Å². The third-order valence-electron chi connectivity index (χ3n) is 3.68. The van der Waals surface area contributed by atoms with Gasteiger partial charge in [-0.25, -0.2) is 9.18 Å². The normalized spacial score (nSPS) is 10.8. The number of carbonyl (C=O) groups is 1. The van der Waals surface area contributed by atoms with Crippen LogP contribution in [0.3, 0.4) is 0 Å². The first-order chi connectivity index (χ1) is 12.0. The van der Waals surface area contributed by atoms with Gasteiger partial charge in [0, 0.05) is 17.8 Å². The van der Waals surface area contributed by atoms with Crippen molar-refractivity contribution in [2.45, 2.75) is 13.5 Å². The van der Waals surface area contributed by atoms with E-state index < -0.39 is 17.2 Å². The van der Waals surface area contributed by atoms with Crippen LogP contribution in [0, 0.1) is 5.82 Å². The molecule has 25 heavy (non-hydrogen) atoms. The van der Waals surface area contributed by atoms with Crippen molar-refractivity contribution in [2.24, 2.45) is 0 Å². The molecule has 0 atom stereocenters. The van der Waals surface area contributed by atoms with Crippen LogP contribution in [0.25, 0.3) is 10.9 Å². The predicted octanol–water partition coefficient (Wildman–Crippen LogP) is 3.41. The van der Waals surface area contributed by atoms with Crippen molar-refractivity contribution in [1.29, 1.82) is 0 Å². The van der Waals surface area contributed by atoms with Crippen molar-refractivity contribution >= 4 is 28.5 Å². The first kappa shape index (κ1) is 17.1. The minimum absolute atomic E-state index is 0.0587. The van der Waals surface area contributed by atoms with Crippen molar-refractivity contribution in [2.75, 3.05) is 6.61 Å². The van der Waals surface area contributed by atoms with E-state index in [1.807, 2.05) is 6.07 Å². The molecule has 2 aromatic heterocycles. The molecule has 0 amide bonds. The summed E-state index contributed by atoms with van der Waals surface area (Å²) in [5.74, 6) is -1.48. The largest absolute Gasteiger partial charge is 0.462 e. The van der Waals surface area contributed by atoms with Crippen LogP contribution < -0.4 is 5.43 Å². The summed E-state index contributed by atoms with van der Waals surface area (Å²) in [6.45, 7) is 2.06. The molecular weight excluding hydrogens is 347 g/mol. The number of ether oxygens (including phenoxy) is 1. The number of rotatable bonds is 4. The average molecular weight is 361 g/mol. The SMILES string of the molecule is CCOC(=O)c1cn(Cc2ccccn2)c2cc(Cl)c(F)cc2c1=O. The van der Waals surface area contributed by atoms with Gasteiger partial charge in [0.05, 0.1) is 29.4 Å². The number of fused-ring (bicyclic) bond motifs is 1. The molecule has 0 aliphatic carbocycles. The van der Waals surface area contributed by atoms with Crippen molar-refractivity contribution < 1.29 is 13.9 Å². The number of hydrogen-bond acceptors (Lipinski definition) is 4. The Kier molecular flexibility index (Phi) is 4.81. The van der Waals surface area contributed by atoms with E-state index in [0.29, 0.717) is 11.2 Å². The summed E-state index contributed by atoms with van der Waals surface area (Å²) in [6, 6.07) is 7.82. The van der Waals surface area contributed by atoms with Crippen molar-refractivity contribution in [3.8, 4) is 0 Å². The lowest BCUT2D eigenvalue weighted by Crippen LogP contribution is -2.21. The first-order valence-corrected chi connectivity index (χ1v) is 7.98. The molecule has 0 radical (unpaired) electrons. The third-order valence-corrected chi connectivity index (χ3v) is 3.97. The van der Waals surface area contributed by atoms with Crippen LogP contribution in [-0.4, -0.2) is 22.1 Å². The van der Waals surface area contributed by atoms with Gasteiger partial charge in [-0.3, -0.25) is 9.78 Å². The second-order valence-corrected chi connectivity index (χ2v) is 5.73. The smallest absolute Gasteiger partial charge is 0.343 e. The number of halogens is 2. The third kappa shape index (κ3) is 3.39. The van der Waals surface area contributed by atoms with Crippen LogP contribution in [-0.2, 0) is 11.3 Å². The van der Waals surface area contributed by atoms with Crippen LogP contribution in [0.2, 0.25) is 5.02 Å². The van der Waals surface area contributed by atoms with E-state index in [9.17, 15) is 14.0 Å². The van der Waals surface area contributed by atoms with Gasteiger partial charge >= 0.3 is 5.97 Å². The maximum absolute atomic E-state index is 13.9. The zero-order valence-corrected chi connectivity index (χ0v) is 14.1. The van der Waals surface area contributed by atoms with Crippen LogP contribution in [0.4, 0.5) is 4.39 Å². The molecule has 0 aliphatic heterocycles. The lowest BCUT2D eigenvalue weighted by molar-refractivity contribution is 0.0524. The topological polar surface area (TPSA) is 61.2 Å². The number of aromatic nitrogens is 2. The average Bonchev–Trinajstić information content (AvgIpc) is 2.60. The molecule has 3 aromatic rings. The highest BCUT2D eigenvalue weighted by molar-refractivity contribution is 6.31. The quantitative estimate of drug-likeness (QED) is 0.669. The molecule has 7 heteroatoms.